The number of hydrogen-bond acceptors (Lipinski definition) is 2. The van der Waals surface area contributed by atoms with Crippen LogP contribution in [0.5, 0.6) is 0 Å². The van der Waals surface area contributed by atoms with Crippen LogP contribution in [0.1, 0.15) is 38.2 Å². The number of amides is 1. The smallest absolute Gasteiger partial charge is 0.220 e. The Morgan fingerprint density at radius 1 is 1.53 bits per heavy atom. The largest absolute Gasteiger partial charge is 0.355 e. The standard InChI is InChI=1S/C15H21ClN2O/c1-11(17)5-6-14(19)18-10-15(7-8-15)12-3-2-4-13(16)9-12/h2-4,9,11H,5-8,10,17H2,1H3,(H,18,19). The molecule has 4 heteroatoms. The van der Waals surface area contributed by atoms with Crippen LogP contribution in [0.25, 0.3) is 0 Å². The summed E-state index contributed by atoms with van der Waals surface area (Å²) in [5, 5.41) is 3.78. The van der Waals surface area contributed by atoms with Crippen molar-refractivity contribution in [1.82, 2.24) is 5.32 Å². The molecule has 3 nitrogen and oxygen atoms in total. The number of halogens is 1. The van der Waals surface area contributed by atoms with E-state index in [-0.39, 0.29) is 17.4 Å². The molecule has 1 saturated carbocycles. The zero-order valence-corrected chi connectivity index (χ0v) is 12.0. The van der Waals surface area contributed by atoms with Gasteiger partial charge in [0.15, 0.2) is 0 Å². The van der Waals surface area contributed by atoms with Gasteiger partial charge in [-0.15, -0.1) is 0 Å². The lowest BCUT2D eigenvalue weighted by Crippen LogP contribution is -2.33. The van der Waals surface area contributed by atoms with Crippen molar-refractivity contribution >= 4 is 17.5 Å². The Balaban J connectivity index is 1.87. The van der Waals surface area contributed by atoms with Crippen molar-refractivity contribution in [2.24, 2.45) is 5.73 Å². The van der Waals surface area contributed by atoms with Gasteiger partial charge in [-0.05, 0) is 43.9 Å². The van der Waals surface area contributed by atoms with E-state index >= 15 is 0 Å². The zero-order chi connectivity index (χ0) is 13.9. The second-order valence-corrected chi connectivity index (χ2v) is 6.02. The summed E-state index contributed by atoms with van der Waals surface area (Å²) < 4.78 is 0. The van der Waals surface area contributed by atoms with Crippen LogP contribution in [0.15, 0.2) is 24.3 Å². The maximum Gasteiger partial charge on any atom is 0.220 e. The molecular weight excluding hydrogens is 260 g/mol. The molecule has 0 bridgehead atoms. The lowest BCUT2D eigenvalue weighted by atomic mass is 9.96. The molecule has 1 aromatic rings. The van der Waals surface area contributed by atoms with E-state index in [9.17, 15) is 4.79 Å². The maximum atomic E-state index is 11.7. The van der Waals surface area contributed by atoms with Crippen molar-refractivity contribution in [3.05, 3.63) is 34.9 Å². The second-order valence-electron chi connectivity index (χ2n) is 5.58. The number of hydrogen-bond donors (Lipinski definition) is 2. The molecule has 1 aliphatic carbocycles. The van der Waals surface area contributed by atoms with Crippen LogP contribution in [0.2, 0.25) is 5.02 Å². The molecule has 19 heavy (non-hydrogen) atoms. The number of carbonyl (C=O) groups is 1. The predicted octanol–water partition coefficient (Wildman–Crippen LogP) is 2.62. The Labute approximate surface area is 119 Å². The summed E-state index contributed by atoms with van der Waals surface area (Å²) in [6.07, 6.45) is 3.46. The molecule has 0 saturated heterocycles. The zero-order valence-electron chi connectivity index (χ0n) is 11.3. The van der Waals surface area contributed by atoms with E-state index in [1.165, 1.54) is 5.56 Å². The fourth-order valence-corrected chi connectivity index (χ4v) is 2.44. The SMILES string of the molecule is CC(N)CCC(=O)NCC1(c2cccc(Cl)c2)CC1. The molecular formula is C15H21ClN2O. The fourth-order valence-electron chi connectivity index (χ4n) is 2.25. The lowest BCUT2D eigenvalue weighted by Gasteiger charge is -2.17. The van der Waals surface area contributed by atoms with Crippen molar-refractivity contribution in [2.75, 3.05) is 6.54 Å². The van der Waals surface area contributed by atoms with Crippen molar-refractivity contribution in [3.63, 3.8) is 0 Å². The molecule has 0 radical (unpaired) electrons. The molecule has 1 aromatic carbocycles. The Bertz CT molecular complexity index is 455. The van der Waals surface area contributed by atoms with Crippen LogP contribution in [-0.4, -0.2) is 18.5 Å². The van der Waals surface area contributed by atoms with Crippen molar-refractivity contribution in [3.8, 4) is 0 Å². The van der Waals surface area contributed by atoms with E-state index in [1.807, 2.05) is 25.1 Å². The van der Waals surface area contributed by atoms with Gasteiger partial charge in [0, 0.05) is 29.4 Å². The summed E-state index contributed by atoms with van der Waals surface area (Å²) in [4.78, 5) is 11.7. The van der Waals surface area contributed by atoms with Crippen LogP contribution in [0.3, 0.4) is 0 Å². The molecule has 1 fully saturated rings. The first kappa shape index (κ1) is 14.4. The highest BCUT2D eigenvalue weighted by Gasteiger charge is 2.44. The van der Waals surface area contributed by atoms with Gasteiger partial charge in [-0.25, -0.2) is 0 Å². The first-order valence-electron chi connectivity index (χ1n) is 6.80. The lowest BCUT2D eigenvalue weighted by molar-refractivity contribution is -0.121. The Hall–Kier alpha value is -1.06. The van der Waals surface area contributed by atoms with Crippen LogP contribution >= 0.6 is 11.6 Å². The minimum atomic E-state index is 0.0774. The van der Waals surface area contributed by atoms with Gasteiger partial charge in [-0.3, -0.25) is 4.79 Å². The average Bonchev–Trinajstić information content (AvgIpc) is 3.15. The third-order valence-corrected chi connectivity index (χ3v) is 3.98. The topological polar surface area (TPSA) is 55.1 Å². The second kappa shape index (κ2) is 5.93. The number of rotatable bonds is 6. The number of benzene rings is 1. The summed E-state index contributed by atoms with van der Waals surface area (Å²) in [7, 11) is 0. The van der Waals surface area contributed by atoms with Crippen molar-refractivity contribution < 1.29 is 4.79 Å². The van der Waals surface area contributed by atoms with E-state index in [1.54, 1.807) is 0 Å². The van der Waals surface area contributed by atoms with Crippen molar-refractivity contribution in [2.45, 2.75) is 44.1 Å². The minimum absolute atomic E-state index is 0.0774. The van der Waals surface area contributed by atoms with Gasteiger partial charge in [0.25, 0.3) is 0 Å². The van der Waals surface area contributed by atoms with Crippen LogP contribution in [-0.2, 0) is 10.2 Å². The quantitative estimate of drug-likeness (QED) is 0.842. The third-order valence-electron chi connectivity index (χ3n) is 3.74. The van der Waals surface area contributed by atoms with Gasteiger partial charge in [-0.2, -0.15) is 0 Å². The maximum absolute atomic E-state index is 11.7. The first-order valence-corrected chi connectivity index (χ1v) is 7.18. The van der Waals surface area contributed by atoms with Gasteiger partial charge in [0.2, 0.25) is 5.91 Å². The van der Waals surface area contributed by atoms with Gasteiger partial charge < -0.3 is 11.1 Å². The molecule has 3 N–H and O–H groups in total. The van der Waals surface area contributed by atoms with E-state index in [0.717, 1.165) is 24.3 Å². The summed E-state index contributed by atoms with van der Waals surface area (Å²) in [6, 6.07) is 8.02. The summed E-state index contributed by atoms with van der Waals surface area (Å²) in [5.41, 5.74) is 6.98. The molecule has 1 aliphatic rings. The van der Waals surface area contributed by atoms with E-state index in [2.05, 4.69) is 11.4 Å². The number of nitrogens with two attached hydrogens (primary N) is 1. The fraction of sp³-hybridized carbons (Fsp3) is 0.533. The van der Waals surface area contributed by atoms with E-state index in [4.69, 9.17) is 17.3 Å². The summed E-state index contributed by atoms with van der Waals surface area (Å²) >= 11 is 6.02. The molecule has 1 atom stereocenters. The Kier molecular flexibility index (Phi) is 4.48. The normalized spacial score (nSPS) is 17.8. The third kappa shape index (κ3) is 3.95. The average molecular weight is 281 g/mol. The summed E-state index contributed by atoms with van der Waals surface area (Å²) in [5.74, 6) is 0.0885. The van der Waals surface area contributed by atoms with E-state index < -0.39 is 0 Å². The van der Waals surface area contributed by atoms with Crippen molar-refractivity contribution in [1.29, 1.82) is 0 Å². The van der Waals surface area contributed by atoms with Crippen LogP contribution in [0, 0.1) is 0 Å². The first-order chi connectivity index (χ1) is 9.02. The van der Waals surface area contributed by atoms with E-state index in [0.29, 0.717) is 13.0 Å². The number of nitrogens with one attached hydrogen (secondary N) is 1. The molecule has 0 aliphatic heterocycles. The Morgan fingerprint density at radius 3 is 2.84 bits per heavy atom. The number of carbonyl (C=O) groups excluding carboxylic acids is 1. The van der Waals surface area contributed by atoms with Crippen LogP contribution < -0.4 is 11.1 Å². The Morgan fingerprint density at radius 2 is 2.26 bits per heavy atom. The van der Waals surface area contributed by atoms with Crippen LogP contribution in [0.4, 0.5) is 0 Å². The molecule has 2 rings (SSSR count). The van der Waals surface area contributed by atoms with Gasteiger partial charge in [0.1, 0.15) is 0 Å². The molecule has 1 unspecified atom stereocenters. The highest BCUT2D eigenvalue weighted by molar-refractivity contribution is 6.30. The highest BCUT2D eigenvalue weighted by atomic mass is 35.5. The highest BCUT2D eigenvalue weighted by Crippen LogP contribution is 2.48. The van der Waals surface area contributed by atoms with Gasteiger partial charge >= 0.3 is 0 Å². The summed E-state index contributed by atoms with van der Waals surface area (Å²) in [6.45, 7) is 2.62. The molecule has 0 aromatic heterocycles. The molecule has 0 heterocycles. The minimum Gasteiger partial charge on any atom is -0.355 e. The predicted molar refractivity (Wildman–Crippen MR) is 78.3 cm³/mol. The molecule has 0 spiro atoms. The van der Waals surface area contributed by atoms with Gasteiger partial charge in [0.05, 0.1) is 0 Å². The van der Waals surface area contributed by atoms with Gasteiger partial charge in [-0.1, -0.05) is 23.7 Å². The molecule has 104 valence electrons. The monoisotopic (exact) mass is 280 g/mol. The molecule has 1 amide bonds.